The number of methoxy groups -OCH3 is 1. The van der Waals surface area contributed by atoms with Crippen molar-refractivity contribution in [2.45, 2.75) is 19.4 Å². The van der Waals surface area contributed by atoms with Crippen molar-refractivity contribution in [3.8, 4) is 0 Å². The highest BCUT2D eigenvalue weighted by Gasteiger charge is 2.13. The fraction of sp³-hybridized carbons (Fsp3) is 0.400. The molecule has 78 valence electrons. The molecule has 0 aromatic rings. The average Bonchev–Trinajstić information content (AvgIpc) is 2.13. The summed E-state index contributed by atoms with van der Waals surface area (Å²) in [6.07, 6.45) is 3.13. The van der Waals surface area contributed by atoms with Gasteiger partial charge in [-0.25, -0.2) is 4.79 Å². The van der Waals surface area contributed by atoms with Gasteiger partial charge in [0.15, 0.2) is 0 Å². The highest BCUT2D eigenvalue weighted by molar-refractivity contribution is 6.41. The standard InChI is InChI=1S/C10H15NO3/c1-7(8(11)9(12)13)5-6-10(2,3)14-4/h5-6,11H,1H2,2-4H3,(H,12,13)/b6-5-,11-8?. The normalized spacial score (nSPS) is 11.6. The van der Waals surface area contributed by atoms with Gasteiger partial charge in [0.05, 0.1) is 5.60 Å². The van der Waals surface area contributed by atoms with Gasteiger partial charge in [-0.05, 0) is 19.4 Å². The molecule has 0 aromatic heterocycles. The van der Waals surface area contributed by atoms with E-state index in [1.807, 2.05) is 13.8 Å². The fourth-order valence-electron chi connectivity index (χ4n) is 0.590. The number of allylic oxidation sites excluding steroid dienone is 1. The van der Waals surface area contributed by atoms with Crippen LogP contribution in [-0.4, -0.2) is 29.5 Å². The number of ether oxygens (including phenoxy) is 1. The second-order valence-corrected chi connectivity index (χ2v) is 3.35. The zero-order valence-corrected chi connectivity index (χ0v) is 8.63. The van der Waals surface area contributed by atoms with Crippen LogP contribution >= 0.6 is 0 Å². The Kier molecular flexibility index (Phi) is 4.24. The van der Waals surface area contributed by atoms with Gasteiger partial charge in [-0.1, -0.05) is 18.7 Å². The van der Waals surface area contributed by atoms with Crippen LogP contribution in [0.5, 0.6) is 0 Å². The SMILES string of the molecule is C=C(/C=C\C(C)(C)OC)C(=N)C(=O)O. The van der Waals surface area contributed by atoms with Crippen molar-refractivity contribution in [1.82, 2.24) is 0 Å². The van der Waals surface area contributed by atoms with Crippen molar-refractivity contribution in [2.24, 2.45) is 0 Å². The molecule has 0 bridgehead atoms. The molecule has 0 heterocycles. The van der Waals surface area contributed by atoms with Crippen LogP contribution in [0.25, 0.3) is 0 Å². The molecule has 0 saturated carbocycles. The van der Waals surface area contributed by atoms with Crippen molar-refractivity contribution in [1.29, 1.82) is 5.41 Å². The number of carboxylic acids is 1. The molecule has 4 heteroatoms. The smallest absolute Gasteiger partial charge is 0.354 e. The van der Waals surface area contributed by atoms with Crippen molar-refractivity contribution in [3.05, 3.63) is 24.3 Å². The van der Waals surface area contributed by atoms with Gasteiger partial charge >= 0.3 is 5.97 Å². The second kappa shape index (κ2) is 4.72. The molecule has 0 amide bonds. The Bertz CT molecular complexity index is 290. The highest BCUT2D eigenvalue weighted by atomic mass is 16.5. The lowest BCUT2D eigenvalue weighted by molar-refractivity contribution is -0.129. The molecule has 0 radical (unpaired) electrons. The Morgan fingerprint density at radius 2 is 2.07 bits per heavy atom. The van der Waals surface area contributed by atoms with Crippen LogP contribution in [0, 0.1) is 5.41 Å². The minimum Gasteiger partial charge on any atom is -0.477 e. The Balaban J connectivity index is 4.48. The van der Waals surface area contributed by atoms with Gasteiger partial charge in [0.1, 0.15) is 5.71 Å². The van der Waals surface area contributed by atoms with Crippen molar-refractivity contribution in [3.63, 3.8) is 0 Å². The van der Waals surface area contributed by atoms with Crippen molar-refractivity contribution >= 4 is 11.7 Å². The number of rotatable bonds is 5. The van der Waals surface area contributed by atoms with E-state index in [-0.39, 0.29) is 5.57 Å². The molecule has 0 saturated heterocycles. The molecular weight excluding hydrogens is 182 g/mol. The Morgan fingerprint density at radius 1 is 1.57 bits per heavy atom. The zero-order chi connectivity index (χ0) is 11.4. The molecular formula is C10H15NO3. The van der Waals surface area contributed by atoms with Gasteiger partial charge in [0, 0.05) is 7.11 Å². The molecule has 0 rings (SSSR count). The zero-order valence-electron chi connectivity index (χ0n) is 8.63. The van der Waals surface area contributed by atoms with Crippen LogP contribution in [0.1, 0.15) is 13.8 Å². The maximum absolute atomic E-state index is 10.4. The first-order valence-electron chi connectivity index (χ1n) is 4.05. The predicted octanol–water partition coefficient (Wildman–Crippen LogP) is 1.63. The summed E-state index contributed by atoms with van der Waals surface area (Å²) in [6, 6.07) is 0. The van der Waals surface area contributed by atoms with E-state index in [0.717, 1.165) is 0 Å². The van der Waals surface area contributed by atoms with Crippen LogP contribution in [-0.2, 0) is 9.53 Å². The quantitative estimate of drug-likeness (QED) is 0.519. The lowest BCUT2D eigenvalue weighted by atomic mass is 10.1. The minimum absolute atomic E-state index is 0.155. The summed E-state index contributed by atoms with van der Waals surface area (Å²) >= 11 is 0. The number of aliphatic carboxylic acids is 1. The molecule has 0 fully saturated rings. The third-order valence-electron chi connectivity index (χ3n) is 1.75. The largest absolute Gasteiger partial charge is 0.477 e. The van der Waals surface area contributed by atoms with Crippen molar-refractivity contribution in [2.75, 3.05) is 7.11 Å². The van der Waals surface area contributed by atoms with Crippen LogP contribution in [0.2, 0.25) is 0 Å². The molecule has 0 spiro atoms. The first kappa shape index (κ1) is 12.6. The molecule has 4 nitrogen and oxygen atoms in total. The predicted molar refractivity (Wildman–Crippen MR) is 54.7 cm³/mol. The number of nitrogens with one attached hydrogen (secondary N) is 1. The number of hydrogen-bond donors (Lipinski definition) is 2. The summed E-state index contributed by atoms with van der Waals surface area (Å²) in [6.45, 7) is 7.11. The molecule has 2 N–H and O–H groups in total. The van der Waals surface area contributed by atoms with E-state index in [1.165, 1.54) is 6.08 Å². The highest BCUT2D eigenvalue weighted by Crippen LogP contribution is 2.10. The van der Waals surface area contributed by atoms with Gasteiger partial charge in [-0.3, -0.25) is 5.41 Å². The summed E-state index contributed by atoms with van der Waals surface area (Å²) in [7, 11) is 1.55. The minimum atomic E-state index is -1.28. The van der Waals surface area contributed by atoms with Crippen LogP contribution in [0.15, 0.2) is 24.3 Å². The fourth-order valence-corrected chi connectivity index (χ4v) is 0.590. The molecule has 0 aromatic carbocycles. The van der Waals surface area contributed by atoms with E-state index in [9.17, 15) is 4.79 Å². The molecule has 0 unspecified atom stereocenters. The van der Waals surface area contributed by atoms with Gasteiger partial charge < -0.3 is 9.84 Å². The van der Waals surface area contributed by atoms with E-state index in [0.29, 0.717) is 0 Å². The van der Waals surface area contributed by atoms with E-state index >= 15 is 0 Å². The first-order valence-corrected chi connectivity index (χ1v) is 4.05. The van der Waals surface area contributed by atoms with Crippen LogP contribution < -0.4 is 0 Å². The van der Waals surface area contributed by atoms with E-state index in [2.05, 4.69) is 6.58 Å². The maximum Gasteiger partial charge on any atom is 0.354 e. The summed E-state index contributed by atoms with van der Waals surface area (Å²) in [5, 5.41) is 15.6. The third-order valence-corrected chi connectivity index (χ3v) is 1.75. The Labute approximate surface area is 83.4 Å². The van der Waals surface area contributed by atoms with E-state index < -0.39 is 17.3 Å². The lowest BCUT2D eigenvalue weighted by Gasteiger charge is -2.17. The first-order chi connectivity index (χ1) is 6.30. The Hall–Kier alpha value is -1.42. The average molecular weight is 197 g/mol. The van der Waals surface area contributed by atoms with E-state index in [4.69, 9.17) is 15.3 Å². The number of carbonyl (C=O) groups is 1. The summed E-state index contributed by atoms with van der Waals surface area (Å²) < 4.78 is 5.08. The summed E-state index contributed by atoms with van der Waals surface area (Å²) in [5.41, 5.74) is -0.836. The molecule has 0 atom stereocenters. The van der Waals surface area contributed by atoms with Gasteiger partial charge in [0.25, 0.3) is 0 Å². The topological polar surface area (TPSA) is 70.4 Å². The van der Waals surface area contributed by atoms with Gasteiger partial charge in [-0.2, -0.15) is 0 Å². The molecule has 0 aliphatic heterocycles. The monoisotopic (exact) mass is 197 g/mol. The molecule has 14 heavy (non-hydrogen) atoms. The summed E-state index contributed by atoms with van der Waals surface area (Å²) in [4.78, 5) is 10.4. The number of hydrogen-bond acceptors (Lipinski definition) is 3. The Morgan fingerprint density at radius 3 is 2.43 bits per heavy atom. The van der Waals surface area contributed by atoms with E-state index in [1.54, 1.807) is 13.2 Å². The summed E-state index contributed by atoms with van der Waals surface area (Å²) in [5.74, 6) is -1.28. The molecule has 0 aliphatic carbocycles. The lowest BCUT2D eigenvalue weighted by Crippen LogP contribution is -2.19. The van der Waals surface area contributed by atoms with Crippen LogP contribution in [0.3, 0.4) is 0 Å². The maximum atomic E-state index is 10.4. The third kappa shape index (κ3) is 4.00. The van der Waals surface area contributed by atoms with Crippen molar-refractivity contribution < 1.29 is 14.6 Å². The molecule has 0 aliphatic rings. The van der Waals surface area contributed by atoms with Gasteiger partial charge in [0.2, 0.25) is 0 Å². The van der Waals surface area contributed by atoms with Gasteiger partial charge in [-0.15, -0.1) is 0 Å². The van der Waals surface area contributed by atoms with Crippen LogP contribution in [0.4, 0.5) is 0 Å². The second-order valence-electron chi connectivity index (χ2n) is 3.35. The number of carboxylic acid groups (broad SMARTS) is 1.